The normalized spacial score (nSPS) is 14.9. The van der Waals surface area contributed by atoms with Gasteiger partial charge in [-0.3, -0.25) is 14.9 Å². The molecular weight excluding hydrogens is 258 g/mol. The molecule has 2 rings (SSSR count). The summed E-state index contributed by atoms with van der Waals surface area (Å²) < 4.78 is 5.14. The molecule has 0 atom stereocenters. The Morgan fingerprint density at radius 2 is 1.89 bits per heavy atom. The number of nitro benzene ring substituents is 1. The van der Waals surface area contributed by atoms with E-state index in [-0.39, 0.29) is 17.2 Å². The maximum absolute atomic E-state index is 11.5. The monoisotopic (exact) mass is 269 g/mol. The molecule has 0 aliphatic heterocycles. The van der Waals surface area contributed by atoms with E-state index in [4.69, 9.17) is 16.3 Å². The van der Waals surface area contributed by atoms with Crippen LogP contribution in [0.4, 0.5) is 5.69 Å². The SMILES string of the molecule is COc1c([N+](=O)[O-])cc(Cl)c2c1CCC(=O)CC2. The molecule has 1 aliphatic rings. The van der Waals surface area contributed by atoms with Gasteiger partial charge in [-0.2, -0.15) is 0 Å². The molecule has 5 nitrogen and oxygen atoms in total. The minimum Gasteiger partial charge on any atom is -0.490 e. The summed E-state index contributed by atoms with van der Waals surface area (Å²) in [5.41, 5.74) is 1.35. The first kappa shape index (κ1) is 12.8. The molecule has 0 amide bonds. The predicted octanol–water partition coefficient (Wildman–Crippen LogP) is 2.70. The fourth-order valence-corrected chi connectivity index (χ4v) is 2.57. The molecule has 1 aromatic carbocycles. The third kappa shape index (κ3) is 2.18. The fraction of sp³-hybridized carbons (Fsp3) is 0.417. The molecule has 0 fully saturated rings. The van der Waals surface area contributed by atoms with Crippen LogP contribution >= 0.6 is 11.6 Å². The molecule has 0 heterocycles. The van der Waals surface area contributed by atoms with E-state index < -0.39 is 4.92 Å². The van der Waals surface area contributed by atoms with Gasteiger partial charge in [0.1, 0.15) is 5.78 Å². The molecule has 0 aromatic heterocycles. The Hall–Kier alpha value is -1.62. The van der Waals surface area contributed by atoms with Crippen LogP contribution in [0.1, 0.15) is 24.0 Å². The first-order chi connectivity index (χ1) is 8.54. The number of carbonyl (C=O) groups is 1. The summed E-state index contributed by atoms with van der Waals surface area (Å²) in [7, 11) is 1.39. The van der Waals surface area contributed by atoms with Crippen molar-refractivity contribution >= 4 is 23.1 Å². The van der Waals surface area contributed by atoms with E-state index in [0.29, 0.717) is 36.3 Å². The smallest absolute Gasteiger partial charge is 0.312 e. The molecule has 0 unspecified atom stereocenters. The van der Waals surface area contributed by atoms with Gasteiger partial charge in [-0.15, -0.1) is 0 Å². The number of fused-ring (bicyclic) bond motifs is 1. The Bertz CT molecular complexity index is 527. The molecule has 6 heteroatoms. The zero-order valence-electron chi connectivity index (χ0n) is 9.86. The van der Waals surface area contributed by atoms with Crippen LogP contribution in [0.3, 0.4) is 0 Å². The average molecular weight is 270 g/mol. The molecule has 0 saturated carbocycles. The van der Waals surface area contributed by atoms with Crippen LogP contribution < -0.4 is 4.74 Å². The van der Waals surface area contributed by atoms with E-state index in [1.807, 2.05) is 0 Å². The van der Waals surface area contributed by atoms with Crippen molar-refractivity contribution in [3.05, 3.63) is 32.3 Å². The molecular formula is C12H12ClNO4. The van der Waals surface area contributed by atoms with Crippen molar-refractivity contribution in [2.45, 2.75) is 25.7 Å². The van der Waals surface area contributed by atoms with Gasteiger partial charge in [0, 0.05) is 24.5 Å². The molecule has 0 radical (unpaired) electrons. The Kier molecular flexibility index (Phi) is 3.52. The van der Waals surface area contributed by atoms with Crippen molar-refractivity contribution in [2.24, 2.45) is 0 Å². The molecule has 0 saturated heterocycles. The zero-order chi connectivity index (χ0) is 13.3. The Labute approximate surface area is 109 Å². The van der Waals surface area contributed by atoms with Crippen LogP contribution in [0.2, 0.25) is 5.02 Å². The van der Waals surface area contributed by atoms with Crippen LogP contribution in [-0.4, -0.2) is 17.8 Å². The second kappa shape index (κ2) is 4.94. The highest BCUT2D eigenvalue weighted by Crippen LogP contribution is 2.40. The largest absolute Gasteiger partial charge is 0.490 e. The molecule has 0 bridgehead atoms. The van der Waals surface area contributed by atoms with Crippen molar-refractivity contribution in [1.82, 2.24) is 0 Å². The summed E-state index contributed by atoms with van der Waals surface area (Å²) in [5, 5.41) is 11.3. The third-order valence-electron chi connectivity index (χ3n) is 3.13. The number of ether oxygens (including phenoxy) is 1. The van der Waals surface area contributed by atoms with E-state index in [9.17, 15) is 14.9 Å². The topological polar surface area (TPSA) is 69.4 Å². The number of benzene rings is 1. The average Bonchev–Trinajstić information content (AvgIpc) is 2.52. The lowest BCUT2D eigenvalue weighted by atomic mass is 10.0. The number of halogens is 1. The van der Waals surface area contributed by atoms with Crippen LogP contribution in [0, 0.1) is 10.1 Å². The maximum atomic E-state index is 11.5. The van der Waals surface area contributed by atoms with Gasteiger partial charge < -0.3 is 4.74 Å². The number of hydrogen-bond acceptors (Lipinski definition) is 4. The Morgan fingerprint density at radius 1 is 1.28 bits per heavy atom. The molecule has 18 heavy (non-hydrogen) atoms. The van der Waals surface area contributed by atoms with Crippen LogP contribution in [-0.2, 0) is 17.6 Å². The van der Waals surface area contributed by atoms with Crippen molar-refractivity contribution in [3.63, 3.8) is 0 Å². The lowest BCUT2D eigenvalue weighted by molar-refractivity contribution is -0.385. The van der Waals surface area contributed by atoms with Gasteiger partial charge in [-0.05, 0) is 18.4 Å². The Morgan fingerprint density at radius 3 is 2.44 bits per heavy atom. The van der Waals surface area contributed by atoms with E-state index >= 15 is 0 Å². The summed E-state index contributed by atoms with van der Waals surface area (Å²) in [4.78, 5) is 21.9. The van der Waals surface area contributed by atoms with Crippen LogP contribution in [0.5, 0.6) is 5.75 Å². The standard InChI is InChI=1S/C12H12ClNO4/c1-18-12-9-5-3-7(15)2-4-8(9)10(13)6-11(12)14(16)17/h6H,2-5H2,1H3. The third-order valence-corrected chi connectivity index (χ3v) is 3.47. The number of hydrogen-bond donors (Lipinski definition) is 0. The first-order valence-electron chi connectivity index (χ1n) is 5.59. The number of Topliss-reactive ketones (excluding diaryl/α,β-unsaturated/α-hetero) is 1. The summed E-state index contributed by atoms with van der Waals surface area (Å²) in [6.45, 7) is 0. The van der Waals surface area contributed by atoms with Crippen molar-refractivity contribution in [2.75, 3.05) is 7.11 Å². The minimum atomic E-state index is -0.516. The van der Waals surface area contributed by atoms with Crippen molar-refractivity contribution in [1.29, 1.82) is 0 Å². The number of nitrogens with zero attached hydrogens (tertiary/aromatic N) is 1. The van der Waals surface area contributed by atoms with Gasteiger partial charge in [0.05, 0.1) is 17.1 Å². The van der Waals surface area contributed by atoms with Gasteiger partial charge in [-0.1, -0.05) is 11.6 Å². The number of carbonyl (C=O) groups excluding carboxylic acids is 1. The highest BCUT2D eigenvalue weighted by atomic mass is 35.5. The van der Waals surface area contributed by atoms with Crippen LogP contribution in [0.15, 0.2) is 6.07 Å². The van der Waals surface area contributed by atoms with Gasteiger partial charge in [0.25, 0.3) is 0 Å². The maximum Gasteiger partial charge on any atom is 0.312 e. The zero-order valence-corrected chi connectivity index (χ0v) is 10.6. The second-order valence-corrected chi connectivity index (χ2v) is 4.57. The predicted molar refractivity (Wildman–Crippen MR) is 66.3 cm³/mol. The number of ketones is 1. The van der Waals surface area contributed by atoms with E-state index in [2.05, 4.69) is 0 Å². The summed E-state index contributed by atoms with van der Waals surface area (Å²) in [6, 6.07) is 1.30. The quantitative estimate of drug-likeness (QED) is 0.470. The molecule has 1 aliphatic carbocycles. The number of nitro groups is 1. The highest BCUT2D eigenvalue weighted by molar-refractivity contribution is 6.31. The summed E-state index contributed by atoms with van der Waals surface area (Å²) in [6.07, 6.45) is 1.76. The van der Waals surface area contributed by atoms with Gasteiger partial charge in [0.15, 0.2) is 5.75 Å². The van der Waals surface area contributed by atoms with Gasteiger partial charge in [-0.25, -0.2) is 0 Å². The molecule has 1 aromatic rings. The number of rotatable bonds is 2. The molecule has 0 spiro atoms. The van der Waals surface area contributed by atoms with Crippen molar-refractivity contribution < 1.29 is 14.5 Å². The van der Waals surface area contributed by atoms with E-state index in [0.717, 1.165) is 5.56 Å². The lowest BCUT2D eigenvalue weighted by Gasteiger charge is -2.13. The van der Waals surface area contributed by atoms with Gasteiger partial charge >= 0.3 is 5.69 Å². The Balaban J connectivity index is 2.63. The van der Waals surface area contributed by atoms with Crippen LogP contribution in [0.25, 0.3) is 0 Å². The highest BCUT2D eigenvalue weighted by Gasteiger charge is 2.27. The second-order valence-electron chi connectivity index (χ2n) is 4.16. The van der Waals surface area contributed by atoms with Crippen molar-refractivity contribution in [3.8, 4) is 5.75 Å². The first-order valence-corrected chi connectivity index (χ1v) is 5.96. The lowest BCUT2D eigenvalue weighted by Crippen LogP contribution is -2.02. The number of methoxy groups -OCH3 is 1. The molecule has 0 N–H and O–H groups in total. The summed E-state index contributed by atoms with van der Waals surface area (Å²) in [5.74, 6) is 0.376. The fourth-order valence-electron chi connectivity index (χ4n) is 2.26. The molecule has 96 valence electrons. The van der Waals surface area contributed by atoms with Gasteiger partial charge in [0.2, 0.25) is 0 Å². The van der Waals surface area contributed by atoms with E-state index in [1.54, 1.807) is 0 Å². The summed E-state index contributed by atoms with van der Waals surface area (Å²) >= 11 is 6.07. The minimum absolute atomic E-state index is 0.143. The van der Waals surface area contributed by atoms with E-state index in [1.165, 1.54) is 13.2 Å².